The molecule has 0 amide bonds. The summed E-state index contributed by atoms with van der Waals surface area (Å²) in [5.41, 5.74) is -0.522. The number of aromatic nitrogens is 2. The summed E-state index contributed by atoms with van der Waals surface area (Å²) in [6.45, 7) is 2.16. The van der Waals surface area contributed by atoms with E-state index in [1.807, 2.05) is 54.5 Å². The molecule has 13 nitrogen and oxygen atoms in total. The summed E-state index contributed by atoms with van der Waals surface area (Å²) in [4.78, 5) is 32.8. The van der Waals surface area contributed by atoms with E-state index < -0.39 is 36.4 Å². The number of carboxylic acids is 3. The first-order chi connectivity index (χ1) is 17.9. The maximum absolute atomic E-state index is 10.3. The maximum atomic E-state index is 10.3. The Kier molecular flexibility index (Phi) is 10.9. The van der Waals surface area contributed by atoms with Gasteiger partial charge in [-0.2, -0.15) is 5.10 Å². The van der Waals surface area contributed by atoms with Gasteiger partial charge in [0, 0.05) is 37.5 Å². The lowest BCUT2D eigenvalue weighted by molar-refractivity contribution is -0.170. The van der Waals surface area contributed by atoms with Gasteiger partial charge in [0.05, 0.1) is 46.1 Å². The van der Waals surface area contributed by atoms with E-state index in [1.54, 1.807) is 20.5 Å². The molecule has 0 saturated carbocycles. The second-order valence-corrected chi connectivity index (χ2v) is 8.40. The largest absolute Gasteiger partial charge is 0.497 e. The van der Waals surface area contributed by atoms with E-state index >= 15 is 0 Å². The fraction of sp³-hybridized carbons (Fsp3) is 0.360. The summed E-state index contributed by atoms with van der Waals surface area (Å²) in [6, 6.07) is 9.74. The van der Waals surface area contributed by atoms with E-state index in [9.17, 15) is 14.4 Å². The zero-order valence-electron chi connectivity index (χ0n) is 21.2. The van der Waals surface area contributed by atoms with Crippen LogP contribution >= 0.6 is 0 Å². The monoisotopic (exact) mass is 533 g/mol. The van der Waals surface area contributed by atoms with Crippen LogP contribution in [0.2, 0.25) is 0 Å². The zero-order valence-corrected chi connectivity index (χ0v) is 21.2. The number of hydrogen-bond acceptors (Lipinski definition) is 9. The van der Waals surface area contributed by atoms with Crippen molar-refractivity contribution in [3.63, 3.8) is 0 Å². The molecule has 3 aromatic rings. The van der Waals surface area contributed by atoms with E-state index in [1.165, 1.54) is 0 Å². The van der Waals surface area contributed by atoms with Crippen molar-refractivity contribution in [3.8, 4) is 11.5 Å². The number of nitrogens with zero attached hydrogens (tertiary/aromatic N) is 3. The average molecular weight is 534 g/mol. The van der Waals surface area contributed by atoms with Crippen LogP contribution in [0.3, 0.4) is 0 Å². The van der Waals surface area contributed by atoms with Crippen LogP contribution in [-0.2, 0) is 41.1 Å². The van der Waals surface area contributed by atoms with Crippen molar-refractivity contribution in [1.82, 2.24) is 14.7 Å². The van der Waals surface area contributed by atoms with Gasteiger partial charge in [-0.05, 0) is 30.3 Å². The number of methoxy groups -OCH3 is 2. The Bertz CT molecular complexity index is 1190. The minimum absolute atomic E-state index is 0.697. The van der Waals surface area contributed by atoms with Crippen LogP contribution in [0, 0.1) is 0 Å². The molecule has 4 N–H and O–H groups in total. The van der Waals surface area contributed by atoms with Crippen LogP contribution in [0.4, 0.5) is 0 Å². The lowest BCUT2D eigenvalue weighted by Crippen LogP contribution is -2.42. The molecule has 13 heteroatoms. The van der Waals surface area contributed by atoms with E-state index in [-0.39, 0.29) is 0 Å². The SMILES string of the molecule is COc1ccc(OC)c(CN(Cc2cnn(C)c2)Cc2ccco2)c1.O=C(O)CC(O)(CC(=O)O)C(=O)O. The van der Waals surface area contributed by atoms with Gasteiger partial charge in [-0.25, -0.2) is 4.79 Å². The van der Waals surface area contributed by atoms with Crippen LogP contribution in [-0.4, -0.2) is 72.8 Å². The van der Waals surface area contributed by atoms with E-state index in [4.69, 9.17) is 34.3 Å². The number of rotatable bonds is 13. The predicted octanol–water partition coefficient (Wildman–Crippen LogP) is 1.98. The molecule has 3 rings (SSSR count). The molecule has 0 atom stereocenters. The topological polar surface area (TPSA) is 185 Å². The van der Waals surface area contributed by atoms with Crippen LogP contribution in [0.25, 0.3) is 0 Å². The highest BCUT2D eigenvalue weighted by atomic mass is 16.5. The Hall–Kier alpha value is -4.36. The summed E-state index contributed by atoms with van der Waals surface area (Å²) in [7, 11) is 5.27. The Balaban J connectivity index is 0.000000332. The molecule has 2 aromatic heterocycles. The van der Waals surface area contributed by atoms with E-state index in [0.717, 1.165) is 34.9 Å². The van der Waals surface area contributed by atoms with Crippen LogP contribution in [0.1, 0.15) is 29.7 Å². The van der Waals surface area contributed by atoms with Crippen molar-refractivity contribution < 1.29 is 48.7 Å². The molecule has 1 aromatic carbocycles. The molecule has 0 bridgehead atoms. The second kappa shape index (κ2) is 13.8. The normalized spacial score (nSPS) is 11.0. The van der Waals surface area contributed by atoms with Gasteiger partial charge in [0.2, 0.25) is 0 Å². The molecule has 0 fully saturated rings. The number of aliphatic carboxylic acids is 3. The molecule has 0 aliphatic heterocycles. The average Bonchev–Trinajstić information content (AvgIpc) is 3.49. The van der Waals surface area contributed by atoms with Crippen molar-refractivity contribution in [2.75, 3.05) is 14.2 Å². The highest BCUT2D eigenvalue weighted by Crippen LogP contribution is 2.26. The Labute approximate surface area is 218 Å². The van der Waals surface area contributed by atoms with Crippen molar-refractivity contribution in [1.29, 1.82) is 0 Å². The summed E-state index contributed by atoms with van der Waals surface area (Å²) in [6.07, 6.45) is 3.32. The quantitative estimate of drug-likeness (QED) is 0.251. The molecule has 0 aliphatic rings. The number of ether oxygens (including phenoxy) is 2. The van der Waals surface area contributed by atoms with Gasteiger partial charge < -0.3 is 34.3 Å². The summed E-state index contributed by atoms with van der Waals surface area (Å²) in [5.74, 6) is -2.44. The highest BCUT2D eigenvalue weighted by molar-refractivity contribution is 5.88. The molecule has 2 heterocycles. The number of carboxylic acid groups (broad SMARTS) is 3. The summed E-state index contributed by atoms with van der Waals surface area (Å²) >= 11 is 0. The lowest BCUT2D eigenvalue weighted by atomic mass is 9.96. The fourth-order valence-electron chi connectivity index (χ4n) is 3.56. The standard InChI is InChI=1S/C19H23N3O3.C6H8O7/c1-21-11-15(10-20-21)12-22(14-18-5-4-8-25-18)13-16-9-17(23-2)6-7-19(16)24-3;7-3(8)1-6(13,5(11)12)2-4(9)10/h4-11H,12-14H2,1-3H3;13H,1-2H2,(H,7,8)(H,9,10)(H,11,12). The number of furan rings is 1. The number of aliphatic hydroxyl groups is 1. The minimum atomic E-state index is -2.74. The molecule has 38 heavy (non-hydrogen) atoms. The van der Waals surface area contributed by atoms with Gasteiger partial charge in [0.1, 0.15) is 17.3 Å². The van der Waals surface area contributed by atoms with Crippen LogP contribution in [0.5, 0.6) is 11.5 Å². The number of benzene rings is 1. The van der Waals surface area contributed by atoms with Gasteiger partial charge in [-0.3, -0.25) is 19.2 Å². The third kappa shape index (κ3) is 9.26. The molecule has 0 saturated heterocycles. The Morgan fingerprint density at radius 2 is 1.71 bits per heavy atom. The maximum Gasteiger partial charge on any atom is 0.336 e. The molecule has 0 spiro atoms. The van der Waals surface area contributed by atoms with Gasteiger partial charge >= 0.3 is 17.9 Å². The smallest absolute Gasteiger partial charge is 0.336 e. The van der Waals surface area contributed by atoms with Crippen LogP contribution < -0.4 is 9.47 Å². The number of carbonyl (C=O) groups is 3. The van der Waals surface area contributed by atoms with Gasteiger partial charge in [-0.1, -0.05) is 0 Å². The first-order valence-corrected chi connectivity index (χ1v) is 11.3. The minimum Gasteiger partial charge on any atom is -0.497 e. The highest BCUT2D eigenvalue weighted by Gasteiger charge is 2.40. The third-order valence-corrected chi connectivity index (χ3v) is 5.29. The number of aryl methyl sites for hydroxylation is 1. The second-order valence-electron chi connectivity index (χ2n) is 8.40. The third-order valence-electron chi connectivity index (χ3n) is 5.29. The van der Waals surface area contributed by atoms with Crippen LogP contribution in [0.15, 0.2) is 53.4 Å². The van der Waals surface area contributed by atoms with Crippen molar-refractivity contribution in [2.24, 2.45) is 7.05 Å². The van der Waals surface area contributed by atoms with E-state index in [0.29, 0.717) is 13.1 Å². The summed E-state index contributed by atoms with van der Waals surface area (Å²) < 4.78 is 18.2. The van der Waals surface area contributed by atoms with Crippen molar-refractivity contribution >= 4 is 17.9 Å². The molecule has 206 valence electrons. The Morgan fingerprint density at radius 3 is 2.18 bits per heavy atom. The van der Waals surface area contributed by atoms with Gasteiger partial charge in [-0.15, -0.1) is 0 Å². The number of hydrogen-bond donors (Lipinski definition) is 4. The van der Waals surface area contributed by atoms with Crippen molar-refractivity contribution in [2.45, 2.75) is 38.1 Å². The predicted molar refractivity (Wildman–Crippen MR) is 132 cm³/mol. The molecule has 0 radical (unpaired) electrons. The Morgan fingerprint density at radius 1 is 1.03 bits per heavy atom. The van der Waals surface area contributed by atoms with E-state index in [2.05, 4.69) is 10.00 Å². The zero-order chi connectivity index (χ0) is 28.3. The fourth-order valence-corrected chi connectivity index (χ4v) is 3.56. The van der Waals surface area contributed by atoms with Crippen molar-refractivity contribution in [3.05, 3.63) is 65.9 Å². The molecular formula is C25H31N3O10. The van der Waals surface area contributed by atoms with Gasteiger partial charge in [0.25, 0.3) is 0 Å². The lowest BCUT2D eigenvalue weighted by Gasteiger charge is -2.22. The first kappa shape index (κ1) is 29.9. The molecular weight excluding hydrogens is 502 g/mol. The first-order valence-electron chi connectivity index (χ1n) is 11.3. The molecule has 0 unspecified atom stereocenters. The summed E-state index contributed by atoms with van der Waals surface area (Å²) in [5, 5.41) is 38.1. The van der Waals surface area contributed by atoms with Gasteiger partial charge in [0.15, 0.2) is 5.60 Å². The molecule has 0 aliphatic carbocycles.